The van der Waals surface area contributed by atoms with Gasteiger partial charge in [0.15, 0.2) is 11.6 Å². The summed E-state index contributed by atoms with van der Waals surface area (Å²) in [5, 5.41) is 10.8. The molecular formula is C30H22BrNO5. The number of hydrogen-bond donors (Lipinski definition) is 1. The molecule has 4 aliphatic rings. The Morgan fingerprint density at radius 2 is 1.70 bits per heavy atom. The number of carbonyl (C=O) groups is 4. The number of ketones is 2. The Bertz CT molecular complexity index is 1510. The highest BCUT2D eigenvalue weighted by Crippen LogP contribution is 2.56. The highest BCUT2D eigenvalue weighted by atomic mass is 79.9. The van der Waals surface area contributed by atoms with E-state index in [4.69, 9.17) is 0 Å². The van der Waals surface area contributed by atoms with Gasteiger partial charge in [0.2, 0.25) is 11.8 Å². The molecular weight excluding hydrogens is 534 g/mol. The molecule has 6 nitrogen and oxygen atoms in total. The van der Waals surface area contributed by atoms with Crippen molar-refractivity contribution >= 4 is 51.1 Å². The largest absolute Gasteiger partial charge is 0.508 e. The first kappa shape index (κ1) is 23.6. The van der Waals surface area contributed by atoms with E-state index in [-0.39, 0.29) is 40.0 Å². The van der Waals surface area contributed by atoms with Crippen molar-refractivity contribution in [1.82, 2.24) is 0 Å². The summed E-state index contributed by atoms with van der Waals surface area (Å²) in [4.78, 5) is 55.1. The third-order valence-corrected chi connectivity index (χ3v) is 8.55. The number of imide groups is 1. The fraction of sp³-hybridized carbons (Fsp3) is 0.200. The maximum Gasteiger partial charge on any atom is 0.238 e. The number of anilines is 1. The van der Waals surface area contributed by atoms with Crippen LogP contribution in [0.1, 0.15) is 29.9 Å². The maximum atomic E-state index is 13.9. The van der Waals surface area contributed by atoms with E-state index in [2.05, 4.69) is 22.5 Å². The Kier molecular flexibility index (Phi) is 5.49. The van der Waals surface area contributed by atoms with Gasteiger partial charge in [-0.1, -0.05) is 54.6 Å². The van der Waals surface area contributed by atoms with Crippen molar-refractivity contribution in [3.05, 3.63) is 99.6 Å². The molecule has 1 saturated heterocycles. The third kappa shape index (κ3) is 3.44. The molecule has 3 aliphatic carbocycles. The van der Waals surface area contributed by atoms with Crippen LogP contribution in [0.4, 0.5) is 5.69 Å². The zero-order valence-electron chi connectivity index (χ0n) is 19.7. The van der Waals surface area contributed by atoms with Crippen molar-refractivity contribution < 1.29 is 24.3 Å². The van der Waals surface area contributed by atoms with Gasteiger partial charge in [0.1, 0.15) is 5.75 Å². The standard InChI is InChI=1S/C30H22BrNO5/c1-2-15-7-9-16(10-8-15)32-29(36)19-12-11-17-20(26(19)30(32)37)13-21-27(24(34)14-22(31)28(21)35)25(17)18-5-3-4-6-23(18)33/h2-11,14,19-20,25-26,33H,1,12-13H2. The van der Waals surface area contributed by atoms with Gasteiger partial charge < -0.3 is 5.11 Å². The molecule has 2 amide bonds. The maximum absolute atomic E-state index is 13.9. The first-order chi connectivity index (χ1) is 17.8. The van der Waals surface area contributed by atoms with Gasteiger partial charge in [-0.2, -0.15) is 0 Å². The molecule has 0 saturated carbocycles. The van der Waals surface area contributed by atoms with Crippen LogP contribution < -0.4 is 4.90 Å². The number of allylic oxidation sites excluding steroid dienone is 6. The number of para-hydroxylation sites is 1. The summed E-state index contributed by atoms with van der Waals surface area (Å²) >= 11 is 3.22. The number of aromatic hydroxyl groups is 1. The molecule has 0 radical (unpaired) electrons. The number of carbonyl (C=O) groups excluding carboxylic acids is 4. The van der Waals surface area contributed by atoms with E-state index >= 15 is 0 Å². The summed E-state index contributed by atoms with van der Waals surface area (Å²) in [6.07, 6.45) is 5.43. The highest BCUT2D eigenvalue weighted by molar-refractivity contribution is 9.12. The Morgan fingerprint density at radius 1 is 0.973 bits per heavy atom. The van der Waals surface area contributed by atoms with E-state index in [9.17, 15) is 24.3 Å². The molecule has 7 heteroatoms. The molecule has 6 rings (SSSR count). The number of rotatable bonds is 3. The summed E-state index contributed by atoms with van der Waals surface area (Å²) in [5.74, 6) is -3.50. The molecule has 1 aliphatic heterocycles. The second-order valence-electron chi connectivity index (χ2n) is 9.76. The van der Waals surface area contributed by atoms with Gasteiger partial charge in [-0.3, -0.25) is 24.1 Å². The minimum absolute atomic E-state index is 0.00894. The lowest BCUT2D eigenvalue weighted by Gasteiger charge is -2.42. The number of fused-ring (bicyclic) bond motifs is 3. The van der Waals surface area contributed by atoms with Gasteiger partial charge in [0, 0.05) is 28.7 Å². The molecule has 37 heavy (non-hydrogen) atoms. The minimum Gasteiger partial charge on any atom is -0.508 e. The molecule has 1 heterocycles. The van der Waals surface area contributed by atoms with Crippen molar-refractivity contribution in [3.8, 4) is 5.75 Å². The number of nitrogens with zero attached hydrogens (tertiary/aromatic N) is 1. The Balaban J connectivity index is 1.48. The summed E-state index contributed by atoms with van der Waals surface area (Å²) in [5.41, 5.74) is 3.36. The number of amides is 2. The Hall–Kier alpha value is -3.84. The number of benzene rings is 2. The predicted molar refractivity (Wildman–Crippen MR) is 142 cm³/mol. The number of hydrogen-bond acceptors (Lipinski definition) is 5. The summed E-state index contributed by atoms with van der Waals surface area (Å²) in [6.45, 7) is 3.74. The Morgan fingerprint density at radius 3 is 2.41 bits per heavy atom. The van der Waals surface area contributed by atoms with Gasteiger partial charge in [-0.05, 0) is 58.5 Å². The second-order valence-corrected chi connectivity index (χ2v) is 10.6. The van der Waals surface area contributed by atoms with Crippen molar-refractivity contribution in [2.45, 2.75) is 18.8 Å². The van der Waals surface area contributed by atoms with Crippen molar-refractivity contribution in [1.29, 1.82) is 0 Å². The molecule has 2 aromatic rings. The van der Waals surface area contributed by atoms with Crippen molar-refractivity contribution in [2.75, 3.05) is 4.90 Å². The second kappa shape index (κ2) is 8.63. The van der Waals surface area contributed by atoms with Crippen LogP contribution in [0.5, 0.6) is 5.75 Å². The van der Waals surface area contributed by atoms with Crippen LogP contribution in [0.15, 0.2) is 88.5 Å². The van der Waals surface area contributed by atoms with Crippen LogP contribution in [0.25, 0.3) is 6.08 Å². The minimum atomic E-state index is -0.673. The first-order valence-electron chi connectivity index (χ1n) is 12.1. The molecule has 0 spiro atoms. The topological polar surface area (TPSA) is 91.8 Å². The number of phenols is 1. The van der Waals surface area contributed by atoms with E-state index in [0.717, 1.165) is 11.1 Å². The zero-order chi connectivity index (χ0) is 26.0. The molecule has 1 N–H and O–H groups in total. The average Bonchev–Trinajstić information content (AvgIpc) is 3.16. The van der Waals surface area contributed by atoms with Crippen LogP contribution in [0.2, 0.25) is 0 Å². The van der Waals surface area contributed by atoms with Crippen LogP contribution >= 0.6 is 15.9 Å². The zero-order valence-corrected chi connectivity index (χ0v) is 21.3. The van der Waals surface area contributed by atoms with Gasteiger partial charge in [0.05, 0.1) is 22.0 Å². The normalized spacial score (nSPS) is 26.9. The number of halogens is 1. The molecule has 0 bridgehead atoms. The number of Topliss-reactive ketones (excluding diaryl/α,β-unsaturated/α-hetero) is 1. The lowest BCUT2D eigenvalue weighted by atomic mass is 9.59. The van der Waals surface area contributed by atoms with Crippen LogP contribution in [0.3, 0.4) is 0 Å². The summed E-state index contributed by atoms with van der Waals surface area (Å²) in [7, 11) is 0. The smallest absolute Gasteiger partial charge is 0.238 e. The number of phenolic OH excluding ortho intramolecular Hbond substituents is 1. The average molecular weight is 556 g/mol. The molecule has 4 atom stereocenters. The lowest BCUT2D eigenvalue weighted by Crippen LogP contribution is -2.39. The lowest BCUT2D eigenvalue weighted by molar-refractivity contribution is -0.123. The Labute approximate surface area is 221 Å². The molecule has 184 valence electrons. The third-order valence-electron chi connectivity index (χ3n) is 7.97. The van der Waals surface area contributed by atoms with Crippen LogP contribution in [0, 0.1) is 17.8 Å². The van der Waals surface area contributed by atoms with E-state index in [1.54, 1.807) is 54.6 Å². The van der Waals surface area contributed by atoms with Crippen LogP contribution in [-0.2, 0) is 19.2 Å². The van der Waals surface area contributed by atoms with Gasteiger partial charge in [-0.25, -0.2) is 0 Å². The van der Waals surface area contributed by atoms with Crippen molar-refractivity contribution in [2.24, 2.45) is 17.8 Å². The quantitative estimate of drug-likeness (QED) is 0.327. The van der Waals surface area contributed by atoms with E-state index < -0.39 is 23.7 Å². The van der Waals surface area contributed by atoms with Gasteiger partial charge in [-0.15, -0.1) is 0 Å². The fourth-order valence-electron chi connectivity index (χ4n) is 6.31. The predicted octanol–water partition coefficient (Wildman–Crippen LogP) is 5.00. The van der Waals surface area contributed by atoms with E-state index in [1.165, 1.54) is 11.0 Å². The first-order valence-corrected chi connectivity index (χ1v) is 12.9. The summed E-state index contributed by atoms with van der Waals surface area (Å²) < 4.78 is 0.171. The highest BCUT2D eigenvalue weighted by Gasteiger charge is 2.56. The molecule has 1 fully saturated rings. The molecule has 0 aromatic heterocycles. The monoisotopic (exact) mass is 555 g/mol. The van der Waals surface area contributed by atoms with Crippen LogP contribution in [-0.4, -0.2) is 28.5 Å². The molecule has 2 aromatic carbocycles. The SMILES string of the molecule is C=Cc1ccc(N2C(=O)C3CC=C4C(c5ccccc5O)C5=C(CC4C3C2=O)C(=O)C(Br)=CC5=O)cc1. The molecule has 4 unspecified atom stereocenters. The van der Waals surface area contributed by atoms with Gasteiger partial charge in [0.25, 0.3) is 0 Å². The summed E-state index contributed by atoms with van der Waals surface area (Å²) in [6, 6.07) is 13.8. The van der Waals surface area contributed by atoms with Crippen molar-refractivity contribution in [3.63, 3.8) is 0 Å². The van der Waals surface area contributed by atoms with Gasteiger partial charge >= 0.3 is 0 Å². The van der Waals surface area contributed by atoms with E-state index in [1.807, 2.05) is 6.08 Å². The fourth-order valence-corrected chi connectivity index (χ4v) is 6.75. The van der Waals surface area contributed by atoms with E-state index in [0.29, 0.717) is 28.8 Å².